The highest BCUT2D eigenvalue weighted by atomic mass is 32.1. The lowest BCUT2D eigenvalue weighted by atomic mass is 10.2. The number of rotatable bonds is 3. The molecule has 0 atom stereocenters. The highest BCUT2D eigenvalue weighted by Crippen LogP contribution is 2.33. The van der Waals surface area contributed by atoms with E-state index in [2.05, 4.69) is 10.3 Å². The summed E-state index contributed by atoms with van der Waals surface area (Å²) in [6.07, 6.45) is -3.04. The van der Waals surface area contributed by atoms with Crippen LogP contribution in [-0.2, 0) is 12.7 Å². The van der Waals surface area contributed by atoms with Gasteiger partial charge in [0.15, 0.2) is 0 Å². The first kappa shape index (κ1) is 11.9. The van der Waals surface area contributed by atoms with Gasteiger partial charge in [-0.3, -0.25) is 0 Å². The molecule has 1 N–H and O–H groups in total. The highest BCUT2D eigenvalue weighted by Gasteiger charge is 2.33. The van der Waals surface area contributed by atoms with Crippen molar-refractivity contribution in [1.82, 2.24) is 4.98 Å². The molecule has 90 valence electrons. The largest absolute Gasteiger partial charge is 0.419 e. The van der Waals surface area contributed by atoms with E-state index in [0.717, 1.165) is 10.9 Å². The first-order valence-corrected chi connectivity index (χ1v) is 5.74. The van der Waals surface area contributed by atoms with Crippen LogP contribution >= 0.6 is 11.3 Å². The number of nitrogens with zero attached hydrogens (tertiary/aromatic N) is 1. The molecule has 0 aliphatic carbocycles. The lowest BCUT2D eigenvalue weighted by Crippen LogP contribution is -2.11. The van der Waals surface area contributed by atoms with Gasteiger partial charge in [-0.1, -0.05) is 6.07 Å². The number of aromatic nitrogens is 1. The number of hydrogen-bond acceptors (Lipinski definition) is 3. The number of hydrogen-bond donors (Lipinski definition) is 1. The molecule has 2 aromatic rings. The number of anilines is 1. The van der Waals surface area contributed by atoms with Crippen molar-refractivity contribution in [2.24, 2.45) is 0 Å². The van der Waals surface area contributed by atoms with E-state index < -0.39 is 11.7 Å². The fraction of sp³-hybridized carbons (Fsp3) is 0.182. The molecule has 0 radical (unpaired) electrons. The van der Waals surface area contributed by atoms with Crippen LogP contribution in [-0.4, -0.2) is 4.98 Å². The monoisotopic (exact) mass is 258 g/mol. The summed E-state index contributed by atoms with van der Waals surface area (Å²) in [4.78, 5) is 4.68. The van der Waals surface area contributed by atoms with E-state index >= 15 is 0 Å². The van der Waals surface area contributed by atoms with Crippen molar-refractivity contribution in [3.8, 4) is 0 Å². The zero-order valence-corrected chi connectivity index (χ0v) is 9.48. The van der Waals surface area contributed by atoms with Gasteiger partial charge in [0, 0.05) is 11.1 Å². The summed E-state index contributed by atoms with van der Waals surface area (Å²) < 4.78 is 37.9. The van der Waals surface area contributed by atoms with Crippen molar-refractivity contribution in [1.29, 1.82) is 0 Å². The molecule has 2 heterocycles. The summed E-state index contributed by atoms with van der Waals surface area (Å²) in [5.74, 6) is -0.131. The number of nitrogens with one attached hydrogen (secondary N) is 1. The maximum Gasteiger partial charge on any atom is 0.419 e. The molecular formula is C11H9F3N2S. The predicted octanol–water partition coefficient (Wildman–Crippen LogP) is 3.77. The lowest BCUT2D eigenvalue weighted by molar-refractivity contribution is -0.137. The van der Waals surface area contributed by atoms with Gasteiger partial charge < -0.3 is 5.32 Å². The zero-order valence-electron chi connectivity index (χ0n) is 8.66. The lowest BCUT2D eigenvalue weighted by Gasteiger charge is -2.12. The second kappa shape index (κ2) is 4.75. The predicted molar refractivity (Wildman–Crippen MR) is 60.9 cm³/mol. The maximum atomic E-state index is 12.6. The number of thiophene rings is 1. The minimum atomic E-state index is -4.38. The Morgan fingerprint density at radius 3 is 2.71 bits per heavy atom. The molecule has 0 bridgehead atoms. The van der Waals surface area contributed by atoms with E-state index in [0.29, 0.717) is 6.54 Å². The Morgan fingerprint density at radius 1 is 1.24 bits per heavy atom. The molecule has 2 rings (SSSR count). The van der Waals surface area contributed by atoms with Crippen LogP contribution in [0.15, 0.2) is 35.8 Å². The van der Waals surface area contributed by atoms with Crippen LogP contribution in [0.3, 0.4) is 0 Å². The number of halogens is 3. The van der Waals surface area contributed by atoms with E-state index in [-0.39, 0.29) is 5.82 Å². The molecule has 0 amide bonds. The Balaban J connectivity index is 2.16. The van der Waals surface area contributed by atoms with Gasteiger partial charge in [-0.2, -0.15) is 13.2 Å². The molecule has 0 fully saturated rings. The smallest absolute Gasteiger partial charge is 0.365 e. The van der Waals surface area contributed by atoms with Crippen molar-refractivity contribution >= 4 is 17.2 Å². The van der Waals surface area contributed by atoms with Crippen molar-refractivity contribution < 1.29 is 13.2 Å². The van der Waals surface area contributed by atoms with Gasteiger partial charge in [0.2, 0.25) is 0 Å². The number of pyridine rings is 1. The van der Waals surface area contributed by atoms with Gasteiger partial charge in [0.05, 0.1) is 12.1 Å². The van der Waals surface area contributed by atoms with Crippen LogP contribution in [0.5, 0.6) is 0 Å². The van der Waals surface area contributed by atoms with Crippen molar-refractivity contribution in [2.45, 2.75) is 12.7 Å². The standard InChI is InChI=1S/C11H9F3N2S/c12-11(13,14)9-4-1-5-15-10(9)16-7-8-3-2-6-17-8/h1-6H,7H2,(H,15,16). The van der Waals surface area contributed by atoms with Gasteiger partial charge in [-0.25, -0.2) is 4.98 Å². The number of alkyl halides is 3. The van der Waals surface area contributed by atoms with Crippen LogP contribution in [0.1, 0.15) is 10.4 Å². The van der Waals surface area contributed by atoms with Crippen LogP contribution in [0.4, 0.5) is 19.0 Å². The van der Waals surface area contributed by atoms with E-state index in [9.17, 15) is 13.2 Å². The first-order chi connectivity index (χ1) is 8.07. The molecule has 0 aromatic carbocycles. The van der Waals surface area contributed by atoms with Crippen LogP contribution in [0.25, 0.3) is 0 Å². The van der Waals surface area contributed by atoms with Gasteiger partial charge in [-0.05, 0) is 23.6 Å². The molecule has 6 heteroatoms. The first-order valence-electron chi connectivity index (χ1n) is 4.86. The van der Waals surface area contributed by atoms with E-state index in [1.807, 2.05) is 17.5 Å². The molecule has 2 nitrogen and oxygen atoms in total. The quantitative estimate of drug-likeness (QED) is 0.906. The summed E-state index contributed by atoms with van der Waals surface area (Å²) >= 11 is 1.48. The molecule has 0 unspecified atom stereocenters. The molecule has 0 aliphatic rings. The Bertz CT molecular complexity index is 480. The van der Waals surface area contributed by atoms with Crippen molar-refractivity contribution in [3.05, 3.63) is 46.3 Å². The van der Waals surface area contributed by atoms with E-state index in [1.165, 1.54) is 23.6 Å². The molecule has 0 saturated heterocycles. The van der Waals surface area contributed by atoms with E-state index in [4.69, 9.17) is 0 Å². The third-order valence-electron chi connectivity index (χ3n) is 2.12. The second-order valence-corrected chi connectivity index (χ2v) is 4.36. The maximum absolute atomic E-state index is 12.6. The summed E-state index contributed by atoms with van der Waals surface area (Å²) in [7, 11) is 0. The van der Waals surface area contributed by atoms with Gasteiger partial charge in [-0.15, -0.1) is 11.3 Å². The third-order valence-corrected chi connectivity index (χ3v) is 3.00. The van der Waals surface area contributed by atoms with E-state index in [1.54, 1.807) is 0 Å². The van der Waals surface area contributed by atoms with Gasteiger partial charge in [0.25, 0.3) is 0 Å². The summed E-state index contributed by atoms with van der Waals surface area (Å²) in [5, 5.41) is 4.58. The van der Waals surface area contributed by atoms with Gasteiger partial charge in [0.1, 0.15) is 5.82 Å². The summed E-state index contributed by atoms with van der Waals surface area (Å²) in [6, 6.07) is 6.00. The normalized spacial score (nSPS) is 11.5. The van der Waals surface area contributed by atoms with Crippen molar-refractivity contribution in [2.75, 3.05) is 5.32 Å². The molecule has 2 aromatic heterocycles. The van der Waals surface area contributed by atoms with Gasteiger partial charge >= 0.3 is 6.18 Å². The summed E-state index contributed by atoms with van der Waals surface area (Å²) in [6.45, 7) is 0.345. The second-order valence-electron chi connectivity index (χ2n) is 3.33. The fourth-order valence-electron chi connectivity index (χ4n) is 1.36. The topological polar surface area (TPSA) is 24.9 Å². The molecule has 0 spiro atoms. The Kier molecular flexibility index (Phi) is 3.33. The summed E-state index contributed by atoms with van der Waals surface area (Å²) in [5.41, 5.74) is -0.739. The molecule has 0 saturated carbocycles. The fourth-order valence-corrected chi connectivity index (χ4v) is 2.00. The van der Waals surface area contributed by atoms with Crippen LogP contribution in [0.2, 0.25) is 0 Å². The zero-order chi connectivity index (χ0) is 12.3. The SMILES string of the molecule is FC(F)(F)c1cccnc1NCc1cccs1. The average molecular weight is 258 g/mol. The van der Waals surface area contributed by atoms with Crippen LogP contribution in [0, 0.1) is 0 Å². The van der Waals surface area contributed by atoms with Crippen molar-refractivity contribution in [3.63, 3.8) is 0 Å². The Labute approximate surface area is 100 Å². The molecular weight excluding hydrogens is 249 g/mol. The van der Waals surface area contributed by atoms with Crippen LogP contribution < -0.4 is 5.32 Å². The third kappa shape index (κ3) is 2.97. The average Bonchev–Trinajstić information content (AvgIpc) is 2.78. The Morgan fingerprint density at radius 2 is 2.06 bits per heavy atom. The molecule has 17 heavy (non-hydrogen) atoms. The minimum absolute atomic E-state index is 0.131. The minimum Gasteiger partial charge on any atom is -0.365 e. The molecule has 0 aliphatic heterocycles. The Hall–Kier alpha value is -1.56. The highest BCUT2D eigenvalue weighted by molar-refractivity contribution is 7.09.